The molecule has 0 unspecified atom stereocenters. The van der Waals surface area contributed by atoms with Crippen LogP contribution in [-0.2, 0) is 20.7 Å². The van der Waals surface area contributed by atoms with Gasteiger partial charge in [-0.2, -0.15) is 0 Å². The molecule has 0 heterocycles. The van der Waals surface area contributed by atoms with Crippen LogP contribution < -0.4 is 4.90 Å². The molecule has 0 fully saturated rings. The van der Waals surface area contributed by atoms with Crippen LogP contribution in [0.3, 0.4) is 0 Å². The summed E-state index contributed by atoms with van der Waals surface area (Å²) in [5.41, 5.74) is 4.91. The standard InChI is InChI=1S/C22H26ClNO3/c1-6-27-22(26)17(5)24(19-9-7-18(23)8-10-19)21(25)13-20-15(3)11-14(2)12-16(20)4/h7-12,17H,6,13H2,1-5H3/t17-/m0/s1. The number of rotatable bonds is 6. The molecule has 0 aromatic heterocycles. The summed E-state index contributed by atoms with van der Waals surface area (Å²) in [4.78, 5) is 27.0. The minimum Gasteiger partial charge on any atom is -0.464 e. The summed E-state index contributed by atoms with van der Waals surface area (Å²) in [7, 11) is 0. The molecule has 0 aliphatic carbocycles. The fraction of sp³-hybridized carbons (Fsp3) is 0.364. The monoisotopic (exact) mass is 387 g/mol. The van der Waals surface area contributed by atoms with E-state index in [-0.39, 0.29) is 18.9 Å². The number of hydrogen-bond donors (Lipinski definition) is 0. The molecule has 0 bridgehead atoms. The Bertz CT molecular complexity index is 807. The van der Waals surface area contributed by atoms with Gasteiger partial charge in [0, 0.05) is 10.7 Å². The first kappa shape index (κ1) is 21.0. The molecule has 2 aromatic rings. The molecule has 4 nitrogen and oxygen atoms in total. The van der Waals surface area contributed by atoms with E-state index in [1.807, 2.05) is 20.8 Å². The number of carbonyl (C=O) groups excluding carboxylic acids is 2. The predicted octanol–water partition coefficient (Wildman–Crippen LogP) is 4.79. The van der Waals surface area contributed by atoms with Crippen LogP contribution in [0.5, 0.6) is 0 Å². The first-order valence-electron chi connectivity index (χ1n) is 9.05. The zero-order chi connectivity index (χ0) is 20.1. The van der Waals surface area contributed by atoms with Crippen molar-refractivity contribution >= 4 is 29.2 Å². The first-order valence-corrected chi connectivity index (χ1v) is 9.43. The van der Waals surface area contributed by atoms with Crippen LogP contribution in [0, 0.1) is 20.8 Å². The minimum atomic E-state index is -0.732. The third-order valence-electron chi connectivity index (χ3n) is 4.56. The predicted molar refractivity (Wildman–Crippen MR) is 109 cm³/mol. The molecule has 0 N–H and O–H groups in total. The number of nitrogens with zero attached hydrogens (tertiary/aromatic N) is 1. The summed E-state index contributed by atoms with van der Waals surface area (Å²) in [5.74, 6) is -0.592. The van der Waals surface area contributed by atoms with E-state index in [1.54, 1.807) is 38.1 Å². The number of aryl methyl sites for hydroxylation is 3. The second-order valence-corrected chi connectivity index (χ2v) is 7.16. The lowest BCUT2D eigenvalue weighted by atomic mass is 9.96. The number of anilines is 1. The van der Waals surface area contributed by atoms with Gasteiger partial charge in [-0.15, -0.1) is 0 Å². The molecule has 0 saturated heterocycles. The van der Waals surface area contributed by atoms with Gasteiger partial charge in [-0.25, -0.2) is 4.79 Å². The Morgan fingerprint density at radius 1 is 1.07 bits per heavy atom. The van der Waals surface area contributed by atoms with Gasteiger partial charge < -0.3 is 4.74 Å². The van der Waals surface area contributed by atoms with Crippen LogP contribution in [-0.4, -0.2) is 24.5 Å². The van der Waals surface area contributed by atoms with Crippen LogP contribution in [0.4, 0.5) is 5.69 Å². The zero-order valence-electron chi connectivity index (χ0n) is 16.5. The van der Waals surface area contributed by atoms with Crippen molar-refractivity contribution in [1.82, 2.24) is 0 Å². The van der Waals surface area contributed by atoms with Gasteiger partial charge in [-0.05, 0) is 75.6 Å². The largest absolute Gasteiger partial charge is 0.464 e. The second kappa shape index (κ2) is 9.05. The van der Waals surface area contributed by atoms with E-state index in [9.17, 15) is 9.59 Å². The van der Waals surface area contributed by atoms with Gasteiger partial charge >= 0.3 is 5.97 Å². The maximum absolute atomic E-state index is 13.2. The Labute approximate surface area is 166 Å². The van der Waals surface area contributed by atoms with Crippen molar-refractivity contribution < 1.29 is 14.3 Å². The number of amides is 1. The molecule has 0 aliphatic heterocycles. The van der Waals surface area contributed by atoms with Gasteiger partial charge in [-0.3, -0.25) is 9.69 Å². The van der Waals surface area contributed by atoms with E-state index in [4.69, 9.17) is 16.3 Å². The maximum Gasteiger partial charge on any atom is 0.328 e. The molecule has 1 atom stereocenters. The van der Waals surface area contributed by atoms with E-state index in [2.05, 4.69) is 12.1 Å². The SMILES string of the molecule is CCOC(=O)[C@H](C)N(C(=O)Cc1c(C)cc(C)cc1C)c1ccc(Cl)cc1. The Hall–Kier alpha value is -2.33. The summed E-state index contributed by atoms with van der Waals surface area (Å²) in [6.07, 6.45) is 0.213. The molecule has 27 heavy (non-hydrogen) atoms. The van der Waals surface area contributed by atoms with E-state index >= 15 is 0 Å². The van der Waals surface area contributed by atoms with Crippen molar-refractivity contribution in [3.63, 3.8) is 0 Å². The summed E-state index contributed by atoms with van der Waals surface area (Å²) in [5, 5.41) is 0.570. The van der Waals surface area contributed by atoms with Crippen molar-refractivity contribution in [2.45, 2.75) is 47.1 Å². The Kier molecular flexibility index (Phi) is 7.03. The lowest BCUT2D eigenvalue weighted by Gasteiger charge is -2.28. The van der Waals surface area contributed by atoms with Gasteiger partial charge in [0.2, 0.25) is 5.91 Å². The molecule has 5 heteroatoms. The highest BCUT2D eigenvalue weighted by Crippen LogP contribution is 2.24. The van der Waals surface area contributed by atoms with E-state index in [0.717, 1.165) is 22.3 Å². The number of hydrogen-bond acceptors (Lipinski definition) is 3. The van der Waals surface area contributed by atoms with E-state index < -0.39 is 12.0 Å². The van der Waals surface area contributed by atoms with Crippen LogP contribution >= 0.6 is 11.6 Å². The second-order valence-electron chi connectivity index (χ2n) is 6.72. The lowest BCUT2D eigenvalue weighted by Crippen LogP contribution is -2.45. The smallest absolute Gasteiger partial charge is 0.328 e. The first-order chi connectivity index (χ1) is 12.7. The summed E-state index contributed by atoms with van der Waals surface area (Å²) in [6.45, 7) is 9.74. The summed E-state index contributed by atoms with van der Waals surface area (Å²) < 4.78 is 5.13. The maximum atomic E-state index is 13.2. The van der Waals surface area contributed by atoms with Gasteiger partial charge in [0.1, 0.15) is 6.04 Å². The van der Waals surface area contributed by atoms with E-state index in [0.29, 0.717) is 10.7 Å². The van der Waals surface area contributed by atoms with Gasteiger partial charge in [0.15, 0.2) is 0 Å². The molecule has 2 rings (SSSR count). The quantitative estimate of drug-likeness (QED) is 0.669. The van der Waals surface area contributed by atoms with Crippen LogP contribution in [0.1, 0.15) is 36.1 Å². The van der Waals surface area contributed by atoms with Crippen molar-refractivity contribution in [2.75, 3.05) is 11.5 Å². The molecule has 0 aliphatic rings. The van der Waals surface area contributed by atoms with Gasteiger partial charge in [0.25, 0.3) is 0 Å². The van der Waals surface area contributed by atoms with Gasteiger partial charge in [-0.1, -0.05) is 29.3 Å². The normalized spacial score (nSPS) is 11.8. The average molecular weight is 388 g/mol. The zero-order valence-corrected chi connectivity index (χ0v) is 17.3. The molecule has 0 spiro atoms. The fourth-order valence-electron chi connectivity index (χ4n) is 3.28. The third kappa shape index (κ3) is 5.10. The van der Waals surface area contributed by atoms with Crippen LogP contribution in [0.2, 0.25) is 5.02 Å². The summed E-state index contributed by atoms with van der Waals surface area (Å²) in [6, 6.07) is 10.3. The van der Waals surface area contributed by atoms with Gasteiger partial charge in [0.05, 0.1) is 13.0 Å². The molecule has 0 saturated carbocycles. The molecule has 2 aromatic carbocycles. The Morgan fingerprint density at radius 2 is 1.63 bits per heavy atom. The number of benzene rings is 2. The van der Waals surface area contributed by atoms with Crippen LogP contribution in [0.25, 0.3) is 0 Å². The summed E-state index contributed by atoms with van der Waals surface area (Å²) >= 11 is 5.98. The highest BCUT2D eigenvalue weighted by Gasteiger charge is 2.29. The Morgan fingerprint density at radius 3 is 2.15 bits per heavy atom. The fourth-order valence-corrected chi connectivity index (χ4v) is 3.40. The Balaban J connectivity index is 2.39. The number of esters is 1. The number of halogens is 1. The lowest BCUT2D eigenvalue weighted by molar-refractivity contribution is -0.145. The highest BCUT2D eigenvalue weighted by atomic mass is 35.5. The molecular weight excluding hydrogens is 362 g/mol. The van der Waals surface area contributed by atoms with Crippen molar-refractivity contribution in [3.05, 3.63) is 63.7 Å². The highest BCUT2D eigenvalue weighted by molar-refractivity contribution is 6.30. The molecule has 0 radical (unpaired) electrons. The van der Waals surface area contributed by atoms with Crippen molar-refractivity contribution in [3.8, 4) is 0 Å². The molecular formula is C22H26ClNO3. The van der Waals surface area contributed by atoms with Crippen LogP contribution in [0.15, 0.2) is 36.4 Å². The number of carbonyl (C=O) groups is 2. The number of ether oxygens (including phenoxy) is 1. The molecule has 144 valence electrons. The minimum absolute atomic E-state index is 0.159. The van der Waals surface area contributed by atoms with Crippen molar-refractivity contribution in [1.29, 1.82) is 0 Å². The van der Waals surface area contributed by atoms with Crippen molar-refractivity contribution in [2.24, 2.45) is 0 Å². The van der Waals surface area contributed by atoms with E-state index in [1.165, 1.54) is 4.90 Å². The topological polar surface area (TPSA) is 46.6 Å². The third-order valence-corrected chi connectivity index (χ3v) is 4.81. The average Bonchev–Trinajstić information content (AvgIpc) is 2.60. The molecule has 1 amide bonds.